The number of aromatic nitrogens is 2. The van der Waals surface area contributed by atoms with E-state index < -0.39 is 0 Å². The third-order valence-electron chi connectivity index (χ3n) is 8.48. The molecule has 0 atom stereocenters. The van der Waals surface area contributed by atoms with Crippen LogP contribution in [0.5, 0.6) is 5.88 Å². The second-order valence-corrected chi connectivity index (χ2v) is 11.2. The van der Waals surface area contributed by atoms with E-state index in [0.717, 1.165) is 107 Å². The van der Waals surface area contributed by atoms with Crippen molar-refractivity contribution >= 4 is 16.9 Å². The molecule has 43 heavy (non-hydrogen) atoms. The minimum Gasteiger partial charge on any atom is -0.481 e. The fraction of sp³-hybridized carbons (Fsp3) is 0.600. The monoisotopic (exact) mass is 592 g/mol. The first kappa shape index (κ1) is 34.5. The van der Waals surface area contributed by atoms with Crippen molar-refractivity contribution in [3.8, 4) is 5.88 Å². The molecule has 8 nitrogen and oxygen atoms in total. The fourth-order valence-corrected chi connectivity index (χ4v) is 5.99. The van der Waals surface area contributed by atoms with Crippen molar-refractivity contribution in [1.82, 2.24) is 29.2 Å². The highest BCUT2D eigenvalue weighted by atomic mass is 16.5. The van der Waals surface area contributed by atoms with Gasteiger partial charge in [-0.3, -0.25) is 9.69 Å². The van der Waals surface area contributed by atoms with Gasteiger partial charge in [0, 0.05) is 77.2 Å². The Balaban J connectivity index is 0.00000121. The van der Waals surface area contributed by atoms with Gasteiger partial charge in [-0.25, -0.2) is 4.98 Å². The lowest BCUT2D eigenvalue weighted by Crippen LogP contribution is -2.49. The Morgan fingerprint density at radius 1 is 0.837 bits per heavy atom. The topological polar surface area (TPSA) is 57.1 Å². The van der Waals surface area contributed by atoms with Crippen molar-refractivity contribution < 1.29 is 9.53 Å². The number of hydrogen-bond donors (Lipinski definition) is 0. The summed E-state index contributed by atoms with van der Waals surface area (Å²) in [6, 6.07) is 12.7. The van der Waals surface area contributed by atoms with Gasteiger partial charge in [0.2, 0.25) is 5.88 Å². The number of pyridine rings is 1. The molecule has 238 valence electrons. The average molecular weight is 593 g/mol. The maximum atomic E-state index is 13.9. The number of likely N-dealkylation sites (N-methyl/N-ethyl adjacent to an activating group) is 1. The summed E-state index contributed by atoms with van der Waals surface area (Å²) < 4.78 is 7.74. The summed E-state index contributed by atoms with van der Waals surface area (Å²) in [4.78, 5) is 28.1. The van der Waals surface area contributed by atoms with Crippen LogP contribution in [0, 0.1) is 13.8 Å². The lowest BCUT2D eigenvalue weighted by atomic mass is 10.1. The number of amides is 1. The molecule has 0 bridgehead atoms. The first-order valence-electron chi connectivity index (χ1n) is 16.4. The summed E-state index contributed by atoms with van der Waals surface area (Å²) in [5.74, 6) is 0.640. The molecule has 2 fully saturated rings. The van der Waals surface area contributed by atoms with Gasteiger partial charge in [-0.05, 0) is 51.9 Å². The second kappa shape index (κ2) is 17.4. The fourth-order valence-electron chi connectivity index (χ4n) is 5.99. The minimum absolute atomic E-state index is 0.0920. The predicted octanol–water partition coefficient (Wildman–Crippen LogP) is 5.35. The van der Waals surface area contributed by atoms with E-state index in [1.807, 2.05) is 38.7 Å². The number of benzene rings is 1. The van der Waals surface area contributed by atoms with E-state index in [4.69, 9.17) is 9.72 Å². The third kappa shape index (κ3) is 9.03. The van der Waals surface area contributed by atoms with E-state index in [1.54, 1.807) is 7.11 Å². The highest BCUT2D eigenvalue weighted by molar-refractivity contribution is 6.07. The van der Waals surface area contributed by atoms with E-state index in [-0.39, 0.29) is 5.91 Å². The molecular weight excluding hydrogens is 536 g/mol. The van der Waals surface area contributed by atoms with Gasteiger partial charge >= 0.3 is 0 Å². The molecule has 2 saturated heterocycles. The van der Waals surface area contributed by atoms with Gasteiger partial charge in [0.1, 0.15) is 5.52 Å². The van der Waals surface area contributed by atoms with E-state index >= 15 is 0 Å². The molecule has 2 aliphatic heterocycles. The molecule has 0 aliphatic carbocycles. The zero-order chi connectivity index (χ0) is 31.4. The van der Waals surface area contributed by atoms with Crippen molar-refractivity contribution in [2.24, 2.45) is 0 Å². The normalized spacial score (nSPS) is 16.3. The number of piperazine rings is 2. The van der Waals surface area contributed by atoms with Crippen LogP contribution in [0.2, 0.25) is 0 Å². The molecule has 8 heteroatoms. The number of aryl methyl sites for hydroxylation is 2. The molecule has 1 aromatic carbocycles. The molecule has 0 N–H and O–H groups in total. The average Bonchev–Trinajstić information content (AvgIpc) is 3.32. The minimum atomic E-state index is 0.0920. The van der Waals surface area contributed by atoms with Gasteiger partial charge in [-0.2, -0.15) is 0 Å². The summed E-state index contributed by atoms with van der Waals surface area (Å²) >= 11 is 0. The Morgan fingerprint density at radius 3 is 2.14 bits per heavy atom. The van der Waals surface area contributed by atoms with Gasteiger partial charge in [-0.1, -0.05) is 57.5 Å². The number of carbonyl (C=O) groups is 1. The van der Waals surface area contributed by atoms with Crippen LogP contribution in [-0.4, -0.2) is 115 Å². The number of carbonyl (C=O) groups excluding carboxylic acids is 1. The molecule has 2 aromatic heterocycles. The quantitative estimate of drug-likeness (QED) is 0.334. The van der Waals surface area contributed by atoms with Gasteiger partial charge in [-0.15, -0.1) is 0 Å². The van der Waals surface area contributed by atoms with Crippen molar-refractivity contribution in [2.45, 2.75) is 60.9 Å². The Kier molecular flexibility index (Phi) is 14.0. The summed E-state index contributed by atoms with van der Waals surface area (Å²) in [7, 11) is 3.82. The highest BCUT2D eigenvalue weighted by Crippen LogP contribution is 2.28. The van der Waals surface area contributed by atoms with E-state index in [0.29, 0.717) is 5.88 Å². The second-order valence-electron chi connectivity index (χ2n) is 11.2. The molecule has 0 unspecified atom stereocenters. The first-order chi connectivity index (χ1) is 20.9. The van der Waals surface area contributed by atoms with Gasteiger partial charge < -0.3 is 24.0 Å². The van der Waals surface area contributed by atoms with Gasteiger partial charge in [0.05, 0.1) is 18.2 Å². The van der Waals surface area contributed by atoms with Crippen LogP contribution in [0.15, 0.2) is 36.4 Å². The third-order valence-corrected chi connectivity index (χ3v) is 8.48. The van der Waals surface area contributed by atoms with Crippen molar-refractivity contribution in [2.75, 3.05) is 79.6 Å². The molecule has 1 amide bonds. The Morgan fingerprint density at radius 2 is 1.49 bits per heavy atom. The van der Waals surface area contributed by atoms with Gasteiger partial charge in [0.15, 0.2) is 0 Å². The van der Waals surface area contributed by atoms with Crippen LogP contribution in [-0.2, 0) is 13.0 Å². The molecule has 0 radical (unpaired) electrons. The zero-order valence-electron chi connectivity index (χ0n) is 28.2. The molecule has 0 spiro atoms. The summed E-state index contributed by atoms with van der Waals surface area (Å²) in [5.41, 5.74) is 6.21. The largest absolute Gasteiger partial charge is 0.481 e. The number of ether oxygens (including phenoxy) is 1. The van der Waals surface area contributed by atoms with Gasteiger partial charge in [0.25, 0.3) is 5.91 Å². The number of rotatable bonds is 9. The number of methoxy groups -OCH3 is 1. The predicted molar refractivity (Wildman–Crippen MR) is 179 cm³/mol. The van der Waals surface area contributed by atoms with Crippen molar-refractivity contribution in [1.29, 1.82) is 0 Å². The number of hydrogen-bond acceptors (Lipinski definition) is 6. The van der Waals surface area contributed by atoms with Crippen molar-refractivity contribution in [3.05, 3.63) is 58.8 Å². The summed E-state index contributed by atoms with van der Waals surface area (Å²) in [6.45, 7) is 23.0. The molecule has 0 saturated carbocycles. The van der Waals surface area contributed by atoms with E-state index in [2.05, 4.69) is 70.5 Å². The van der Waals surface area contributed by atoms with Crippen LogP contribution in [0.3, 0.4) is 0 Å². The molecular formula is C35H56N6O2. The molecule has 2 aliphatic rings. The lowest BCUT2D eigenvalue weighted by Gasteiger charge is -2.34. The Labute approximate surface area is 260 Å². The van der Waals surface area contributed by atoms with Crippen LogP contribution >= 0.6 is 0 Å². The zero-order valence-corrected chi connectivity index (χ0v) is 28.2. The maximum Gasteiger partial charge on any atom is 0.257 e. The van der Waals surface area contributed by atoms with Crippen LogP contribution in [0.1, 0.15) is 61.3 Å². The number of nitrogens with zero attached hydrogens (tertiary/aromatic N) is 6. The Bertz CT molecular complexity index is 1270. The summed E-state index contributed by atoms with van der Waals surface area (Å²) in [5, 5.41) is 0. The number of fused-ring (bicyclic) bond motifs is 1. The molecule has 3 aromatic rings. The lowest BCUT2D eigenvalue weighted by molar-refractivity contribution is 0.0639. The summed E-state index contributed by atoms with van der Waals surface area (Å²) in [6.07, 6.45) is 2.09. The highest BCUT2D eigenvalue weighted by Gasteiger charge is 2.28. The van der Waals surface area contributed by atoms with Crippen molar-refractivity contribution in [3.63, 3.8) is 0 Å². The van der Waals surface area contributed by atoms with Crippen LogP contribution < -0.4 is 4.74 Å². The Hall–Kier alpha value is -2.94. The first-order valence-corrected chi connectivity index (χ1v) is 16.4. The van der Waals surface area contributed by atoms with E-state index in [9.17, 15) is 4.79 Å². The van der Waals surface area contributed by atoms with Crippen LogP contribution in [0.4, 0.5) is 0 Å². The van der Waals surface area contributed by atoms with Crippen LogP contribution in [0.25, 0.3) is 11.0 Å². The van der Waals surface area contributed by atoms with E-state index in [1.165, 1.54) is 11.1 Å². The smallest absolute Gasteiger partial charge is 0.257 e. The maximum absolute atomic E-state index is 13.9. The molecule has 4 heterocycles. The standard InChI is InChI=1S/C31H44N6O2.2C2H6/c1-24-7-5-8-26(23-24)11-14-35-19-21-36(22-20-35)31(38)29-25(2)37(27-9-10-28(39-4)32-30(27)29)13-6-12-34-17-15-33(3)16-18-34;2*1-2/h5,7-10,23H,6,11-22H2,1-4H3;2*1-2H3. The molecule has 5 rings (SSSR count). The SMILES string of the molecule is CC.CC.COc1ccc2c(n1)c(C(=O)N1CCN(CCc3cccc(C)c3)CC1)c(C)n2CCCN1CCN(C)CC1.